The summed E-state index contributed by atoms with van der Waals surface area (Å²) >= 11 is 0. The lowest BCUT2D eigenvalue weighted by atomic mass is 10.2. The van der Waals surface area contributed by atoms with Crippen LogP contribution in [0.15, 0.2) is 18.2 Å². The van der Waals surface area contributed by atoms with Crippen LogP contribution in [0.4, 0.5) is 5.69 Å². The summed E-state index contributed by atoms with van der Waals surface area (Å²) in [6.07, 6.45) is 0. The van der Waals surface area contributed by atoms with Gasteiger partial charge < -0.3 is 20.1 Å². The van der Waals surface area contributed by atoms with Crippen molar-refractivity contribution in [1.29, 1.82) is 0 Å². The lowest BCUT2D eigenvalue weighted by Crippen LogP contribution is -2.45. The molecule has 0 aliphatic carbocycles. The number of benzene rings is 1. The van der Waals surface area contributed by atoms with Crippen molar-refractivity contribution in [2.45, 2.75) is 0 Å². The van der Waals surface area contributed by atoms with Gasteiger partial charge in [0, 0.05) is 38.4 Å². The summed E-state index contributed by atoms with van der Waals surface area (Å²) < 4.78 is 10.4. The maximum absolute atomic E-state index is 12.0. The molecule has 0 aromatic heterocycles. The molecule has 2 N–H and O–H groups in total. The summed E-state index contributed by atoms with van der Waals surface area (Å²) in [5.41, 5.74) is 6.56. The monoisotopic (exact) mass is 293 g/mol. The van der Waals surface area contributed by atoms with Gasteiger partial charge in [0.15, 0.2) is 0 Å². The molecule has 1 aromatic carbocycles. The second kappa shape index (κ2) is 7.28. The normalized spacial score (nSPS) is 16.7. The zero-order valence-electron chi connectivity index (χ0n) is 12.7. The molecule has 0 atom stereocenters. The van der Waals surface area contributed by atoms with Crippen LogP contribution in [0.25, 0.3) is 0 Å². The Balaban J connectivity index is 1.82. The second-order valence-electron chi connectivity index (χ2n) is 5.23. The molecule has 0 bridgehead atoms. The largest absolute Gasteiger partial charge is 0.497 e. The van der Waals surface area contributed by atoms with E-state index in [1.54, 1.807) is 25.3 Å². The molecule has 0 amide bonds. The summed E-state index contributed by atoms with van der Waals surface area (Å²) in [5, 5.41) is 0. The molecule has 2 rings (SSSR count). The Morgan fingerprint density at radius 1 is 1.29 bits per heavy atom. The Hall–Kier alpha value is -1.79. The Kier molecular flexibility index (Phi) is 5.41. The number of piperazine rings is 1. The van der Waals surface area contributed by atoms with Gasteiger partial charge in [-0.25, -0.2) is 4.79 Å². The van der Waals surface area contributed by atoms with Crippen LogP contribution in [-0.4, -0.2) is 69.3 Å². The number of nitrogens with zero attached hydrogens (tertiary/aromatic N) is 2. The molecule has 6 nitrogen and oxygen atoms in total. The highest BCUT2D eigenvalue weighted by Gasteiger charge is 2.16. The lowest BCUT2D eigenvalue weighted by Gasteiger charge is -2.32. The first kappa shape index (κ1) is 15.6. The number of rotatable bonds is 5. The van der Waals surface area contributed by atoms with Crippen LogP contribution in [0, 0.1) is 0 Å². The maximum atomic E-state index is 12.0. The number of carbonyl (C=O) groups excluding carboxylic acids is 1. The summed E-state index contributed by atoms with van der Waals surface area (Å²) in [7, 11) is 3.66. The average Bonchev–Trinajstić information content (AvgIpc) is 2.49. The van der Waals surface area contributed by atoms with E-state index < -0.39 is 5.97 Å². The third-order valence-electron chi connectivity index (χ3n) is 3.72. The number of nitrogens with two attached hydrogens (primary N) is 1. The number of likely N-dealkylation sites (N-methyl/N-ethyl adjacent to an activating group) is 1. The van der Waals surface area contributed by atoms with Gasteiger partial charge in [0.05, 0.1) is 12.7 Å². The van der Waals surface area contributed by atoms with E-state index in [4.69, 9.17) is 15.2 Å². The molecule has 0 radical (unpaired) electrons. The summed E-state index contributed by atoms with van der Waals surface area (Å²) in [4.78, 5) is 16.6. The summed E-state index contributed by atoms with van der Waals surface area (Å²) in [6, 6.07) is 4.97. The van der Waals surface area contributed by atoms with Gasteiger partial charge >= 0.3 is 5.97 Å². The van der Waals surface area contributed by atoms with Gasteiger partial charge in [-0.2, -0.15) is 0 Å². The number of hydrogen-bond acceptors (Lipinski definition) is 6. The van der Waals surface area contributed by atoms with E-state index in [1.807, 2.05) is 0 Å². The molecule has 1 aliphatic heterocycles. The van der Waals surface area contributed by atoms with Crippen molar-refractivity contribution in [2.24, 2.45) is 0 Å². The Morgan fingerprint density at radius 3 is 2.67 bits per heavy atom. The van der Waals surface area contributed by atoms with Gasteiger partial charge in [0.1, 0.15) is 12.4 Å². The smallest absolute Gasteiger partial charge is 0.340 e. The average molecular weight is 293 g/mol. The highest BCUT2D eigenvalue weighted by molar-refractivity contribution is 5.95. The zero-order valence-corrected chi connectivity index (χ0v) is 12.7. The van der Waals surface area contributed by atoms with Gasteiger partial charge in [-0.3, -0.25) is 4.90 Å². The molecule has 21 heavy (non-hydrogen) atoms. The minimum absolute atomic E-state index is 0.354. The van der Waals surface area contributed by atoms with Crippen molar-refractivity contribution in [2.75, 3.05) is 59.2 Å². The fraction of sp³-hybridized carbons (Fsp3) is 0.533. The van der Waals surface area contributed by atoms with Crippen LogP contribution < -0.4 is 10.5 Å². The van der Waals surface area contributed by atoms with E-state index in [1.165, 1.54) is 0 Å². The van der Waals surface area contributed by atoms with Crippen molar-refractivity contribution in [3.05, 3.63) is 23.8 Å². The second-order valence-corrected chi connectivity index (χ2v) is 5.23. The summed E-state index contributed by atoms with van der Waals surface area (Å²) in [5.74, 6) is 0.191. The minimum Gasteiger partial charge on any atom is -0.497 e. The predicted octanol–water partition coefficient (Wildman–Crippen LogP) is 0.682. The van der Waals surface area contributed by atoms with Gasteiger partial charge in [0.25, 0.3) is 0 Å². The quantitative estimate of drug-likeness (QED) is 0.636. The Bertz CT molecular complexity index is 485. The Morgan fingerprint density at radius 2 is 2.00 bits per heavy atom. The van der Waals surface area contributed by atoms with E-state index >= 15 is 0 Å². The van der Waals surface area contributed by atoms with Crippen molar-refractivity contribution in [3.63, 3.8) is 0 Å². The molecular weight excluding hydrogens is 270 g/mol. The third kappa shape index (κ3) is 4.34. The van der Waals surface area contributed by atoms with Crippen LogP contribution in [0.3, 0.4) is 0 Å². The van der Waals surface area contributed by atoms with Gasteiger partial charge in [0.2, 0.25) is 0 Å². The van der Waals surface area contributed by atoms with Crippen LogP contribution in [0.1, 0.15) is 10.4 Å². The predicted molar refractivity (Wildman–Crippen MR) is 81.6 cm³/mol. The highest BCUT2D eigenvalue weighted by atomic mass is 16.5. The fourth-order valence-electron chi connectivity index (χ4n) is 2.26. The van der Waals surface area contributed by atoms with E-state index in [0.717, 1.165) is 32.7 Å². The number of methoxy groups -OCH3 is 1. The molecule has 1 aromatic rings. The zero-order chi connectivity index (χ0) is 15.2. The summed E-state index contributed by atoms with van der Waals surface area (Å²) in [6.45, 7) is 5.25. The molecule has 6 heteroatoms. The van der Waals surface area contributed by atoms with Crippen LogP contribution in [0.2, 0.25) is 0 Å². The molecule has 0 spiro atoms. The van der Waals surface area contributed by atoms with Crippen LogP contribution >= 0.6 is 0 Å². The van der Waals surface area contributed by atoms with Crippen LogP contribution in [0.5, 0.6) is 5.75 Å². The topological polar surface area (TPSA) is 68.0 Å². The highest BCUT2D eigenvalue weighted by Crippen LogP contribution is 2.20. The van der Waals surface area contributed by atoms with Crippen LogP contribution in [-0.2, 0) is 4.74 Å². The molecule has 1 heterocycles. The first-order valence-corrected chi connectivity index (χ1v) is 7.11. The lowest BCUT2D eigenvalue weighted by molar-refractivity contribution is 0.0433. The first-order chi connectivity index (χ1) is 10.1. The molecule has 116 valence electrons. The third-order valence-corrected chi connectivity index (χ3v) is 3.72. The van der Waals surface area contributed by atoms with Crippen molar-refractivity contribution in [1.82, 2.24) is 9.80 Å². The minimum atomic E-state index is -0.402. The van der Waals surface area contributed by atoms with Crippen molar-refractivity contribution in [3.8, 4) is 5.75 Å². The SMILES string of the molecule is COc1ccc(N)c(C(=O)OCCN2CCN(C)CC2)c1. The molecule has 0 saturated carbocycles. The first-order valence-electron chi connectivity index (χ1n) is 7.11. The number of esters is 1. The fourth-order valence-corrected chi connectivity index (χ4v) is 2.26. The molecule has 0 unspecified atom stereocenters. The number of hydrogen-bond donors (Lipinski definition) is 1. The number of carbonyl (C=O) groups is 1. The molecule has 1 saturated heterocycles. The Labute approximate surface area is 125 Å². The van der Waals surface area contributed by atoms with Gasteiger partial charge in [-0.05, 0) is 25.2 Å². The molecule has 1 fully saturated rings. The number of anilines is 1. The van der Waals surface area contributed by atoms with Gasteiger partial charge in [-0.1, -0.05) is 0 Å². The number of nitrogen functional groups attached to an aromatic ring is 1. The standard InChI is InChI=1S/C15H23N3O3/c1-17-5-7-18(8-6-17)9-10-21-15(19)13-11-12(20-2)3-4-14(13)16/h3-4,11H,5-10,16H2,1-2H3. The van der Waals surface area contributed by atoms with Gasteiger partial charge in [-0.15, -0.1) is 0 Å². The van der Waals surface area contributed by atoms with Crippen molar-refractivity contribution >= 4 is 11.7 Å². The van der Waals surface area contributed by atoms with E-state index in [2.05, 4.69) is 16.8 Å². The molecule has 1 aliphatic rings. The molecular formula is C15H23N3O3. The van der Waals surface area contributed by atoms with Crippen molar-refractivity contribution < 1.29 is 14.3 Å². The maximum Gasteiger partial charge on any atom is 0.340 e. The van der Waals surface area contributed by atoms with E-state index in [0.29, 0.717) is 23.6 Å². The van der Waals surface area contributed by atoms with E-state index in [9.17, 15) is 4.79 Å². The van der Waals surface area contributed by atoms with E-state index in [-0.39, 0.29) is 0 Å². The number of ether oxygens (including phenoxy) is 2.